The molecule has 0 radical (unpaired) electrons. The third-order valence-corrected chi connectivity index (χ3v) is 3.30. The van der Waals surface area contributed by atoms with Crippen LogP contribution >= 0.6 is 31.9 Å². The van der Waals surface area contributed by atoms with Crippen molar-refractivity contribution in [2.45, 2.75) is 13.0 Å². The van der Waals surface area contributed by atoms with Crippen molar-refractivity contribution in [1.82, 2.24) is 9.97 Å². The summed E-state index contributed by atoms with van der Waals surface area (Å²) >= 11 is 6.91. The molecule has 1 heterocycles. The maximum atomic E-state index is 5.75. The zero-order valence-corrected chi connectivity index (χ0v) is 10.7. The van der Waals surface area contributed by atoms with Crippen LogP contribution in [0, 0.1) is 0 Å². The number of fused-ring (bicyclic) bond motifs is 1. The highest BCUT2D eigenvalue weighted by Gasteiger charge is 2.10. The van der Waals surface area contributed by atoms with Gasteiger partial charge in [-0.05, 0) is 50.9 Å². The predicted molar refractivity (Wildman–Crippen MR) is 64.1 cm³/mol. The number of hydrogen-bond acceptors (Lipinski definition) is 2. The number of benzene rings is 1. The Labute approximate surface area is 98.3 Å². The lowest BCUT2D eigenvalue weighted by atomic mass is 10.3. The smallest absolute Gasteiger partial charge is 0.124 e. The van der Waals surface area contributed by atoms with Gasteiger partial charge in [0.15, 0.2) is 0 Å². The van der Waals surface area contributed by atoms with Crippen molar-refractivity contribution >= 4 is 42.9 Å². The zero-order valence-electron chi connectivity index (χ0n) is 7.51. The van der Waals surface area contributed by atoms with E-state index in [0.29, 0.717) is 0 Å². The highest BCUT2D eigenvalue weighted by atomic mass is 79.9. The standard InChI is InChI=1S/C9H9Br2N3/c1-4(12)9-13-7-5(10)2-3-6(11)8(7)14-9/h2-4H,12H2,1H3,(H,13,14)/t4-/m0/s1. The number of rotatable bonds is 1. The van der Waals surface area contributed by atoms with Gasteiger partial charge in [0, 0.05) is 8.95 Å². The Morgan fingerprint density at radius 3 is 2.57 bits per heavy atom. The van der Waals surface area contributed by atoms with Crippen LogP contribution in [0.1, 0.15) is 18.8 Å². The van der Waals surface area contributed by atoms with Gasteiger partial charge in [-0.25, -0.2) is 4.98 Å². The summed E-state index contributed by atoms with van der Waals surface area (Å²) in [5.74, 6) is 0.799. The molecule has 0 saturated carbocycles. The molecule has 5 heteroatoms. The molecular formula is C9H9Br2N3. The second-order valence-corrected chi connectivity index (χ2v) is 4.87. The lowest BCUT2D eigenvalue weighted by Gasteiger charge is -1.96. The van der Waals surface area contributed by atoms with E-state index in [1.165, 1.54) is 0 Å². The molecule has 74 valence electrons. The number of nitrogens with zero attached hydrogens (tertiary/aromatic N) is 1. The molecule has 0 unspecified atom stereocenters. The van der Waals surface area contributed by atoms with Gasteiger partial charge in [-0.15, -0.1) is 0 Å². The number of halogens is 2. The van der Waals surface area contributed by atoms with Crippen LogP contribution in [-0.2, 0) is 0 Å². The highest BCUT2D eigenvalue weighted by molar-refractivity contribution is 9.11. The summed E-state index contributed by atoms with van der Waals surface area (Å²) in [4.78, 5) is 7.61. The summed E-state index contributed by atoms with van der Waals surface area (Å²) < 4.78 is 1.97. The first kappa shape index (κ1) is 10.1. The van der Waals surface area contributed by atoms with Crippen LogP contribution in [0.4, 0.5) is 0 Å². The van der Waals surface area contributed by atoms with Crippen molar-refractivity contribution in [3.8, 4) is 0 Å². The normalized spacial score (nSPS) is 13.4. The minimum absolute atomic E-state index is 0.0822. The zero-order chi connectivity index (χ0) is 10.3. The number of H-pyrrole nitrogens is 1. The van der Waals surface area contributed by atoms with E-state index in [4.69, 9.17) is 5.73 Å². The van der Waals surface area contributed by atoms with Crippen LogP contribution < -0.4 is 5.73 Å². The van der Waals surface area contributed by atoms with Crippen LogP contribution in [0.15, 0.2) is 21.1 Å². The van der Waals surface area contributed by atoms with E-state index >= 15 is 0 Å². The van der Waals surface area contributed by atoms with Gasteiger partial charge in [0.1, 0.15) is 11.3 Å². The number of imidazole rings is 1. The molecule has 0 spiro atoms. The molecule has 0 fully saturated rings. The number of nitrogens with one attached hydrogen (secondary N) is 1. The van der Waals surface area contributed by atoms with Crippen LogP contribution in [0.25, 0.3) is 11.0 Å². The fourth-order valence-electron chi connectivity index (χ4n) is 1.26. The Morgan fingerprint density at radius 2 is 2.00 bits per heavy atom. The van der Waals surface area contributed by atoms with Crippen LogP contribution in [0.2, 0.25) is 0 Å². The molecule has 3 nitrogen and oxygen atoms in total. The third-order valence-electron chi connectivity index (χ3n) is 1.99. The summed E-state index contributed by atoms with van der Waals surface area (Å²) in [6, 6.07) is 3.84. The van der Waals surface area contributed by atoms with E-state index in [1.807, 2.05) is 19.1 Å². The van der Waals surface area contributed by atoms with Gasteiger partial charge in [-0.1, -0.05) is 0 Å². The van der Waals surface area contributed by atoms with Crippen LogP contribution in [-0.4, -0.2) is 9.97 Å². The quantitative estimate of drug-likeness (QED) is 0.849. The van der Waals surface area contributed by atoms with Crippen molar-refractivity contribution in [2.24, 2.45) is 5.73 Å². The summed E-state index contributed by atoms with van der Waals surface area (Å²) in [6.45, 7) is 1.90. The predicted octanol–water partition coefficient (Wildman–Crippen LogP) is 3.11. The number of aromatic amines is 1. The fraction of sp³-hybridized carbons (Fsp3) is 0.222. The van der Waals surface area contributed by atoms with E-state index in [1.54, 1.807) is 0 Å². The monoisotopic (exact) mass is 317 g/mol. The Hall–Kier alpha value is -0.390. The number of aromatic nitrogens is 2. The number of nitrogens with two attached hydrogens (primary N) is 1. The average Bonchev–Trinajstić information content (AvgIpc) is 2.57. The molecule has 3 N–H and O–H groups in total. The summed E-state index contributed by atoms with van der Waals surface area (Å²) in [5.41, 5.74) is 7.64. The Morgan fingerprint density at radius 1 is 1.36 bits per heavy atom. The lowest BCUT2D eigenvalue weighted by molar-refractivity contribution is 0.759. The van der Waals surface area contributed by atoms with Gasteiger partial charge in [0.25, 0.3) is 0 Å². The van der Waals surface area contributed by atoms with Crippen molar-refractivity contribution in [1.29, 1.82) is 0 Å². The molecule has 2 rings (SSSR count). The first-order valence-electron chi connectivity index (χ1n) is 4.19. The minimum atomic E-state index is -0.0822. The van der Waals surface area contributed by atoms with Crippen molar-refractivity contribution in [3.05, 3.63) is 26.9 Å². The Balaban J connectivity index is 2.75. The molecule has 1 aromatic carbocycles. The maximum Gasteiger partial charge on any atom is 0.124 e. The SMILES string of the molecule is C[C@H](N)c1nc2c(Br)ccc(Br)c2[nH]1. The Bertz CT molecular complexity index is 437. The molecule has 0 aliphatic rings. The fourth-order valence-corrected chi connectivity index (χ4v) is 2.10. The summed E-state index contributed by atoms with van der Waals surface area (Å²) in [5, 5.41) is 0. The Kier molecular flexibility index (Phi) is 2.64. The van der Waals surface area contributed by atoms with Gasteiger partial charge in [0.2, 0.25) is 0 Å². The maximum absolute atomic E-state index is 5.75. The van der Waals surface area contributed by atoms with E-state index in [-0.39, 0.29) is 6.04 Å². The van der Waals surface area contributed by atoms with E-state index in [9.17, 15) is 0 Å². The van der Waals surface area contributed by atoms with Gasteiger partial charge in [-0.2, -0.15) is 0 Å². The lowest BCUT2D eigenvalue weighted by Crippen LogP contribution is -2.06. The third kappa shape index (κ3) is 1.60. The van der Waals surface area contributed by atoms with E-state index < -0.39 is 0 Å². The molecule has 0 amide bonds. The van der Waals surface area contributed by atoms with Crippen molar-refractivity contribution in [2.75, 3.05) is 0 Å². The summed E-state index contributed by atoms with van der Waals surface area (Å²) in [6.07, 6.45) is 0. The van der Waals surface area contributed by atoms with Gasteiger partial charge in [-0.3, -0.25) is 0 Å². The second-order valence-electron chi connectivity index (χ2n) is 3.16. The first-order chi connectivity index (χ1) is 6.59. The molecule has 1 aromatic heterocycles. The molecule has 2 aromatic rings. The highest BCUT2D eigenvalue weighted by Crippen LogP contribution is 2.29. The summed E-state index contributed by atoms with van der Waals surface area (Å²) in [7, 11) is 0. The van der Waals surface area contributed by atoms with E-state index in [2.05, 4.69) is 41.8 Å². The largest absolute Gasteiger partial charge is 0.340 e. The first-order valence-corrected chi connectivity index (χ1v) is 5.77. The average molecular weight is 319 g/mol. The molecule has 0 saturated heterocycles. The molecular weight excluding hydrogens is 310 g/mol. The molecule has 0 bridgehead atoms. The van der Waals surface area contributed by atoms with Crippen LogP contribution in [0.5, 0.6) is 0 Å². The molecule has 0 aliphatic carbocycles. The molecule has 0 aliphatic heterocycles. The minimum Gasteiger partial charge on any atom is -0.340 e. The van der Waals surface area contributed by atoms with E-state index in [0.717, 1.165) is 25.8 Å². The van der Waals surface area contributed by atoms with Gasteiger partial charge >= 0.3 is 0 Å². The van der Waals surface area contributed by atoms with Gasteiger partial charge in [0.05, 0.1) is 11.6 Å². The van der Waals surface area contributed by atoms with Crippen LogP contribution in [0.3, 0.4) is 0 Å². The number of hydrogen-bond donors (Lipinski definition) is 2. The van der Waals surface area contributed by atoms with Gasteiger partial charge < -0.3 is 10.7 Å². The molecule has 14 heavy (non-hydrogen) atoms. The van der Waals surface area contributed by atoms with Crippen molar-refractivity contribution < 1.29 is 0 Å². The van der Waals surface area contributed by atoms with Crippen molar-refractivity contribution in [3.63, 3.8) is 0 Å². The second kappa shape index (κ2) is 3.64. The topological polar surface area (TPSA) is 54.7 Å². The molecule has 1 atom stereocenters.